The van der Waals surface area contributed by atoms with Gasteiger partial charge < -0.3 is 9.64 Å². The first-order valence-corrected chi connectivity index (χ1v) is 5.17. The van der Waals surface area contributed by atoms with Crippen molar-refractivity contribution in [2.45, 2.75) is 52.7 Å². The van der Waals surface area contributed by atoms with Crippen LogP contribution in [0.1, 0.15) is 41.0 Å². The van der Waals surface area contributed by atoms with Gasteiger partial charge in [-0.15, -0.1) is 0 Å². The van der Waals surface area contributed by atoms with Crippen LogP contribution in [0.3, 0.4) is 0 Å². The Morgan fingerprint density at radius 3 is 2.15 bits per heavy atom. The summed E-state index contributed by atoms with van der Waals surface area (Å²) in [4.78, 5) is 2.34. The van der Waals surface area contributed by atoms with E-state index in [2.05, 4.69) is 46.6 Å². The molecule has 0 spiro atoms. The fourth-order valence-electron chi connectivity index (χ4n) is 0.951. The molecule has 0 fully saturated rings. The zero-order valence-corrected chi connectivity index (χ0v) is 10.1. The Kier molecular flexibility index (Phi) is 5.57. The van der Waals surface area contributed by atoms with Crippen molar-refractivity contribution in [3.8, 4) is 0 Å². The van der Waals surface area contributed by atoms with Gasteiger partial charge >= 0.3 is 0 Å². The number of hydrogen-bond acceptors (Lipinski definition) is 2. The van der Waals surface area contributed by atoms with Crippen molar-refractivity contribution in [3.63, 3.8) is 0 Å². The van der Waals surface area contributed by atoms with Gasteiger partial charge in [-0.2, -0.15) is 0 Å². The van der Waals surface area contributed by atoms with Gasteiger partial charge in [-0.1, -0.05) is 0 Å². The normalized spacial score (nSPS) is 12.9. The summed E-state index contributed by atoms with van der Waals surface area (Å²) in [6.45, 7) is 12.7. The summed E-state index contributed by atoms with van der Waals surface area (Å²) in [6, 6.07) is 0.634. The quantitative estimate of drug-likeness (QED) is 0.613. The van der Waals surface area contributed by atoms with Gasteiger partial charge in [-0.3, -0.25) is 0 Å². The van der Waals surface area contributed by atoms with E-state index >= 15 is 0 Å². The lowest BCUT2D eigenvalue weighted by Crippen LogP contribution is -2.29. The molecule has 0 unspecified atom stereocenters. The van der Waals surface area contributed by atoms with Gasteiger partial charge in [0.05, 0.1) is 5.60 Å². The molecule has 0 aliphatic heterocycles. The number of hydrogen-bond donors (Lipinski definition) is 0. The van der Waals surface area contributed by atoms with E-state index in [1.165, 1.54) is 0 Å². The van der Waals surface area contributed by atoms with Crippen molar-refractivity contribution in [1.82, 2.24) is 4.90 Å². The van der Waals surface area contributed by atoms with Crippen LogP contribution in [-0.2, 0) is 4.74 Å². The molecule has 2 nitrogen and oxygen atoms in total. The molecule has 0 saturated carbocycles. The maximum atomic E-state index is 5.63. The minimum atomic E-state index is 0.0103. The van der Waals surface area contributed by atoms with Crippen molar-refractivity contribution in [3.05, 3.63) is 0 Å². The number of ether oxygens (including phenoxy) is 1. The van der Waals surface area contributed by atoms with Crippen LogP contribution in [0, 0.1) is 0 Å². The first-order chi connectivity index (χ1) is 5.83. The monoisotopic (exact) mass is 187 g/mol. The molecule has 0 aliphatic carbocycles. The third-order valence-corrected chi connectivity index (χ3v) is 2.07. The van der Waals surface area contributed by atoms with E-state index in [-0.39, 0.29) is 5.60 Å². The lowest BCUT2D eigenvalue weighted by molar-refractivity contribution is -0.00692. The lowest BCUT2D eigenvalue weighted by Gasteiger charge is -2.23. The van der Waals surface area contributed by atoms with Gasteiger partial charge in [0.2, 0.25) is 0 Å². The predicted octanol–water partition coefficient (Wildman–Crippen LogP) is 2.53. The molecule has 0 aromatic rings. The number of rotatable bonds is 5. The van der Waals surface area contributed by atoms with Gasteiger partial charge in [0.15, 0.2) is 0 Å². The third kappa shape index (κ3) is 8.26. The number of nitrogens with zero attached hydrogens (tertiary/aromatic N) is 1. The molecule has 80 valence electrons. The maximum absolute atomic E-state index is 5.63. The molecule has 0 aliphatic rings. The van der Waals surface area contributed by atoms with Crippen molar-refractivity contribution < 1.29 is 4.74 Å². The van der Waals surface area contributed by atoms with E-state index in [0.717, 1.165) is 19.6 Å². The van der Waals surface area contributed by atoms with Crippen LogP contribution in [0.5, 0.6) is 0 Å². The van der Waals surface area contributed by atoms with Gasteiger partial charge in [-0.25, -0.2) is 0 Å². The average molecular weight is 187 g/mol. The SMILES string of the molecule is CC(C)N(C)CCCOC(C)(C)C. The zero-order valence-electron chi connectivity index (χ0n) is 10.1. The molecule has 2 heteroatoms. The Morgan fingerprint density at radius 1 is 1.23 bits per heavy atom. The summed E-state index contributed by atoms with van der Waals surface area (Å²) < 4.78 is 5.63. The molecule has 0 amide bonds. The Bertz CT molecular complexity index is 127. The van der Waals surface area contributed by atoms with Crippen molar-refractivity contribution in [2.24, 2.45) is 0 Å². The minimum Gasteiger partial charge on any atom is -0.376 e. The Labute approximate surface area is 83.3 Å². The van der Waals surface area contributed by atoms with E-state index in [1.807, 2.05) is 0 Å². The average Bonchev–Trinajstić information content (AvgIpc) is 1.95. The van der Waals surface area contributed by atoms with Crippen LogP contribution < -0.4 is 0 Å². The fourth-order valence-corrected chi connectivity index (χ4v) is 0.951. The first kappa shape index (κ1) is 12.9. The highest BCUT2D eigenvalue weighted by atomic mass is 16.5. The van der Waals surface area contributed by atoms with Crippen molar-refractivity contribution >= 4 is 0 Å². The molecular formula is C11H25NO. The molecule has 0 rings (SSSR count). The second kappa shape index (κ2) is 5.61. The Hall–Kier alpha value is -0.0800. The highest BCUT2D eigenvalue weighted by Gasteiger charge is 2.09. The van der Waals surface area contributed by atoms with Crippen molar-refractivity contribution in [2.75, 3.05) is 20.2 Å². The Morgan fingerprint density at radius 2 is 1.77 bits per heavy atom. The second-order valence-corrected chi connectivity index (χ2v) is 4.89. The highest BCUT2D eigenvalue weighted by Crippen LogP contribution is 2.07. The molecule has 13 heavy (non-hydrogen) atoms. The van der Waals surface area contributed by atoms with E-state index in [0.29, 0.717) is 6.04 Å². The van der Waals surface area contributed by atoms with E-state index < -0.39 is 0 Å². The Balaban J connectivity index is 3.36. The van der Waals surface area contributed by atoms with Crippen LogP contribution >= 0.6 is 0 Å². The van der Waals surface area contributed by atoms with E-state index in [9.17, 15) is 0 Å². The van der Waals surface area contributed by atoms with Crippen LogP contribution in [0.25, 0.3) is 0 Å². The summed E-state index contributed by atoms with van der Waals surface area (Å²) in [6.07, 6.45) is 1.12. The summed E-state index contributed by atoms with van der Waals surface area (Å²) in [7, 11) is 2.15. The predicted molar refractivity (Wildman–Crippen MR) is 58.1 cm³/mol. The van der Waals surface area contributed by atoms with Crippen LogP contribution in [-0.4, -0.2) is 36.7 Å². The molecule has 0 aromatic heterocycles. The van der Waals surface area contributed by atoms with Crippen LogP contribution in [0.4, 0.5) is 0 Å². The van der Waals surface area contributed by atoms with Crippen LogP contribution in [0.15, 0.2) is 0 Å². The summed E-state index contributed by atoms with van der Waals surface area (Å²) >= 11 is 0. The minimum absolute atomic E-state index is 0.0103. The van der Waals surface area contributed by atoms with E-state index in [1.54, 1.807) is 0 Å². The maximum Gasteiger partial charge on any atom is 0.0598 e. The topological polar surface area (TPSA) is 12.5 Å². The van der Waals surface area contributed by atoms with Gasteiger partial charge in [0, 0.05) is 19.2 Å². The molecule has 0 N–H and O–H groups in total. The fraction of sp³-hybridized carbons (Fsp3) is 1.00. The third-order valence-electron chi connectivity index (χ3n) is 2.07. The molecule has 0 radical (unpaired) electrons. The molecule has 0 atom stereocenters. The first-order valence-electron chi connectivity index (χ1n) is 5.17. The summed E-state index contributed by atoms with van der Waals surface area (Å²) in [5.74, 6) is 0. The van der Waals surface area contributed by atoms with Gasteiger partial charge in [-0.05, 0) is 48.1 Å². The standard InChI is InChI=1S/C11H25NO/c1-10(2)12(6)8-7-9-13-11(3,4)5/h10H,7-9H2,1-6H3. The van der Waals surface area contributed by atoms with Gasteiger partial charge in [0.25, 0.3) is 0 Å². The second-order valence-electron chi connectivity index (χ2n) is 4.89. The zero-order chi connectivity index (χ0) is 10.5. The molecule has 0 heterocycles. The highest BCUT2D eigenvalue weighted by molar-refractivity contribution is 4.60. The summed E-state index contributed by atoms with van der Waals surface area (Å²) in [5, 5.41) is 0. The molecule has 0 saturated heterocycles. The molecule has 0 bridgehead atoms. The molecule has 0 aromatic carbocycles. The summed E-state index contributed by atoms with van der Waals surface area (Å²) in [5.41, 5.74) is 0.0103. The van der Waals surface area contributed by atoms with Crippen LogP contribution in [0.2, 0.25) is 0 Å². The van der Waals surface area contributed by atoms with Crippen molar-refractivity contribution in [1.29, 1.82) is 0 Å². The largest absolute Gasteiger partial charge is 0.376 e. The van der Waals surface area contributed by atoms with Gasteiger partial charge in [0.1, 0.15) is 0 Å². The smallest absolute Gasteiger partial charge is 0.0598 e. The van der Waals surface area contributed by atoms with E-state index in [4.69, 9.17) is 4.74 Å². The lowest BCUT2D eigenvalue weighted by atomic mass is 10.2. The molecular weight excluding hydrogens is 162 g/mol.